The van der Waals surface area contributed by atoms with E-state index in [4.69, 9.17) is 16.1 Å². The Morgan fingerprint density at radius 3 is 2.41 bits per heavy atom. The number of hydrogen-bond donors (Lipinski definition) is 1. The van der Waals surface area contributed by atoms with E-state index in [0.29, 0.717) is 21.6 Å². The summed E-state index contributed by atoms with van der Waals surface area (Å²) in [4.78, 5) is 26.2. The van der Waals surface area contributed by atoms with Crippen molar-refractivity contribution in [1.82, 2.24) is 4.57 Å². The Balaban J connectivity index is 2.28. The molecule has 0 saturated heterocycles. The number of hydrogen-bond acceptors (Lipinski definition) is 4. The van der Waals surface area contributed by atoms with Gasteiger partial charge in [0.1, 0.15) is 5.56 Å². The number of nitrogens with zero attached hydrogens (tertiary/aromatic N) is 1. The van der Waals surface area contributed by atoms with Crippen molar-refractivity contribution in [3.63, 3.8) is 0 Å². The molecule has 1 aromatic heterocycles. The molecule has 0 aliphatic carbocycles. The molecule has 3 rings (SSSR count). The minimum absolute atomic E-state index is 0.00562. The van der Waals surface area contributed by atoms with E-state index in [0.717, 1.165) is 0 Å². The molecule has 0 atom stereocenters. The molecule has 0 aliphatic heterocycles. The van der Waals surface area contributed by atoms with Crippen molar-refractivity contribution in [2.45, 2.75) is 13.8 Å². The fourth-order valence-corrected chi connectivity index (χ4v) is 4.42. The van der Waals surface area contributed by atoms with Gasteiger partial charge in [-0.2, -0.15) is 0 Å². The molecule has 3 aromatic rings. The van der Waals surface area contributed by atoms with Crippen molar-refractivity contribution in [2.75, 3.05) is 17.6 Å². The van der Waals surface area contributed by atoms with Gasteiger partial charge in [-0.25, -0.2) is 0 Å². The van der Waals surface area contributed by atoms with Gasteiger partial charge in [-0.1, -0.05) is 43.6 Å². The summed E-state index contributed by atoms with van der Waals surface area (Å²) >= 11 is 6.17. The number of carbonyl (C=O) groups is 1. The Morgan fingerprint density at radius 1 is 1.14 bits per heavy atom. The number of carbonyl (C=O) groups excluding carboxylic acids is 1. The van der Waals surface area contributed by atoms with Gasteiger partial charge >= 0.3 is 0 Å². The highest BCUT2D eigenvalue weighted by molar-refractivity contribution is 7.59. The monoisotopic (exact) mass is 432 g/mol. The number of fused-ring (bicyclic) bond motifs is 1. The second kappa shape index (κ2) is 8.44. The predicted octanol–water partition coefficient (Wildman–Crippen LogP) is 5.14. The van der Waals surface area contributed by atoms with Crippen LogP contribution in [0.4, 0.5) is 5.69 Å². The Kier molecular flexibility index (Phi) is 6.15. The van der Waals surface area contributed by atoms with E-state index in [1.165, 1.54) is 4.57 Å². The van der Waals surface area contributed by atoms with Crippen LogP contribution in [0.15, 0.2) is 53.3 Å². The first kappa shape index (κ1) is 21.2. The van der Waals surface area contributed by atoms with Crippen molar-refractivity contribution in [3.05, 3.63) is 69.5 Å². The van der Waals surface area contributed by atoms with Gasteiger partial charge in [0.05, 0.1) is 5.52 Å². The van der Waals surface area contributed by atoms with Crippen molar-refractivity contribution in [3.8, 4) is 5.75 Å². The summed E-state index contributed by atoms with van der Waals surface area (Å²) in [5, 5.41) is 3.59. The molecule has 8 heteroatoms. The zero-order chi connectivity index (χ0) is 21.2. The number of aromatic nitrogens is 1. The molecule has 0 aliphatic rings. The van der Waals surface area contributed by atoms with Gasteiger partial charge in [0.15, 0.2) is 5.75 Å². The molecule has 2 aromatic carbocycles. The number of anilines is 1. The quantitative estimate of drug-likeness (QED) is 0.547. The first-order valence-corrected chi connectivity index (χ1v) is 11.6. The standard InChI is InChI=1S/C21H22ClN2O4P/c1-4-29(27,5-2)28-19-16-13-14(22)11-12-17(16)24(3)21(26)18(19)20(25)23-15-9-7-6-8-10-15/h6-13H,4-5H2,1-3H3,(H,23,25). The molecule has 29 heavy (non-hydrogen) atoms. The van der Waals surface area contributed by atoms with E-state index in [2.05, 4.69) is 5.32 Å². The van der Waals surface area contributed by atoms with Crippen LogP contribution in [0.25, 0.3) is 10.9 Å². The Labute approximate surface area is 173 Å². The molecule has 0 bridgehead atoms. The molecule has 152 valence electrons. The van der Waals surface area contributed by atoms with Gasteiger partial charge in [-0.05, 0) is 30.3 Å². The first-order chi connectivity index (χ1) is 13.8. The van der Waals surface area contributed by atoms with Crippen LogP contribution in [-0.4, -0.2) is 22.8 Å². The number of para-hydroxylation sites is 1. The minimum atomic E-state index is -3.08. The molecular weight excluding hydrogens is 411 g/mol. The maximum atomic E-state index is 13.1. The average Bonchev–Trinajstić information content (AvgIpc) is 2.72. The molecule has 0 unspecified atom stereocenters. The van der Waals surface area contributed by atoms with E-state index < -0.39 is 18.8 Å². The molecule has 0 radical (unpaired) electrons. The van der Waals surface area contributed by atoms with Crippen LogP contribution < -0.4 is 15.4 Å². The molecule has 0 saturated carbocycles. The molecular formula is C21H22ClN2O4P. The molecule has 1 heterocycles. The zero-order valence-corrected chi connectivity index (χ0v) is 18.1. The summed E-state index contributed by atoms with van der Waals surface area (Å²) in [6, 6.07) is 13.7. The number of amides is 1. The fraction of sp³-hybridized carbons (Fsp3) is 0.238. The first-order valence-electron chi connectivity index (χ1n) is 9.26. The molecule has 1 N–H and O–H groups in total. The number of aryl methyl sites for hydroxylation is 1. The van der Waals surface area contributed by atoms with Crippen LogP contribution in [0.3, 0.4) is 0 Å². The molecule has 0 fully saturated rings. The summed E-state index contributed by atoms with van der Waals surface area (Å²) in [7, 11) is -1.51. The topological polar surface area (TPSA) is 77.4 Å². The van der Waals surface area contributed by atoms with Crippen LogP contribution in [0, 0.1) is 0 Å². The average molecular weight is 433 g/mol. The lowest BCUT2D eigenvalue weighted by atomic mass is 10.1. The lowest BCUT2D eigenvalue weighted by molar-refractivity contribution is 0.102. The third kappa shape index (κ3) is 4.24. The third-order valence-electron chi connectivity index (χ3n) is 4.79. The highest BCUT2D eigenvalue weighted by atomic mass is 35.5. The van der Waals surface area contributed by atoms with Crippen molar-refractivity contribution < 1.29 is 13.9 Å². The molecule has 0 spiro atoms. The van der Waals surface area contributed by atoms with Crippen LogP contribution in [0.1, 0.15) is 24.2 Å². The predicted molar refractivity (Wildman–Crippen MR) is 118 cm³/mol. The van der Waals surface area contributed by atoms with E-state index in [1.54, 1.807) is 63.4 Å². The molecule has 6 nitrogen and oxygen atoms in total. The van der Waals surface area contributed by atoms with Gasteiger partial charge in [-0.15, -0.1) is 0 Å². The summed E-state index contributed by atoms with van der Waals surface area (Å²) in [6.45, 7) is 3.51. The maximum absolute atomic E-state index is 13.1. The SMILES string of the molecule is CCP(=O)(CC)Oc1c(C(=O)Nc2ccccc2)c(=O)n(C)c2ccc(Cl)cc12. The maximum Gasteiger partial charge on any atom is 0.267 e. The number of pyridine rings is 1. The van der Waals surface area contributed by atoms with Gasteiger partial charge in [-0.3, -0.25) is 14.2 Å². The van der Waals surface area contributed by atoms with Gasteiger partial charge in [0.2, 0.25) is 7.37 Å². The number of halogens is 1. The summed E-state index contributed by atoms with van der Waals surface area (Å²) < 4.78 is 20.4. The largest absolute Gasteiger partial charge is 0.441 e. The number of benzene rings is 2. The molecule has 1 amide bonds. The van der Waals surface area contributed by atoms with Crippen LogP contribution >= 0.6 is 19.0 Å². The van der Waals surface area contributed by atoms with E-state index in [-0.39, 0.29) is 23.6 Å². The summed E-state index contributed by atoms with van der Waals surface area (Å²) in [6.07, 6.45) is 0.557. The highest BCUT2D eigenvalue weighted by Crippen LogP contribution is 2.48. The minimum Gasteiger partial charge on any atom is -0.441 e. The van der Waals surface area contributed by atoms with Crippen molar-refractivity contribution >= 4 is 41.5 Å². The van der Waals surface area contributed by atoms with Crippen LogP contribution in [0.5, 0.6) is 5.75 Å². The van der Waals surface area contributed by atoms with E-state index in [1.807, 2.05) is 6.07 Å². The van der Waals surface area contributed by atoms with Gasteiger partial charge in [0, 0.05) is 35.5 Å². The lowest BCUT2D eigenvalue weighted by Crippen LogP contribution is -2.29. The summed E-state index contributed by atoms with van der Waals surface area (Å²) in [5.74, 6) is -0.626. The number of rotatable bonds is 6. The van der Waals surface area contributed by atoms with Crippen LogP contribution in [0.2, 0.25) is 5.02 Å². The van der Waals surface area contributed by atoms with Crippen molar-refractivity contribution in [2.24, 2.45) is 7.05 Å². The number of nitrogens with one attached hydrogen (secondary N) is 1. The van der Waals surface area contributed by atoms with Crippen molar-refractivity contribution in [1.29, 1.82) is 0 Å². The second-order valence-electron chi connectivity index (χ2n) is 6.59. The Bertz CT molecular complexity index is 1170. The lowest BCUT2D eigenvalue weighted by Gasteiger charge is -2.21. The van der Waals surface area contributed by atoms with Crippen LogP contribution in [-0.2, 0) is 11.6 Å². The zero-order valence-electron chi connectivity index (χ0n) is 16.4. The second-order valence-corrected chi connectivity index (χ2v) is 10.1. The fourth-order valence-electron chi connectivity index (χ4n) is 3.02. The Morgan fingerprint density at radius 2 is 1.79 bits per heavy atom. The normalized spacial score (nSPS) is 11.4. The van der Waals surface area contributed by atoms with E-state index in [9.17, 15) is 14.2 Å². The van der Waals surface area contributed by atoms with E-state index >= 15 is 0 Å². The third-order valence-corrected chi connectivity index (χ3v) is 7.47. The van der Waals surface area contributed by atoms with Gasteiger partial charge < -0.3 is 14.4 Å². The van der Waals surface area contributed by atoms with Gasteiger partial charge in [0.25, 0.3) is 11.5 Å². The summed E-state index contributed by atoms with van der Waals surface area (Å²) in [5.41, 5.74) is 0.325. The smallest absolute Gasteiger partial charge is 0.267 e. The Hall–Kier alpha value is -2.56. The highest BCUT2D eigenvalue weighted by Gasteiger charge is 2.28.